The third-order valence-corrected chi connectivity index (χ3v) is 2.71. The van der Waals surface area contributed by atoms with Gasteiger partial charge in [-0.1, -0.05) is 26.8 Å². The van der Waals surface area contributed by atoms with Crippen LogP contribution in [0, 0.1) is 0 Å². The highest BCUT2D eigenvalue weighted by atomic mass is 15.2. The van der Waals surface area contributed by atoms with E-state index in [4.69, 9.17) is 0 Å². The first-order valence-electron chi connectivity index (χ1n) is 6.12. The molecule has 90 valence electrons. The average molecular weight is 212 g/mol. The molecule has 0 aliphatic rings. The molecule has 1 N–H and O–H groups in total. The number of nitrogens with zero attached hydrogens (tertiary/aromatic N) is 1. The Bertz CT molecular complexity index is 164. The lowest BCUT2D eigenvalue weighted by molar-refractivity contribution is 0.162. The van der Waals surface area contributed by atoms with E-state index in [-0.39, 0.29) is 0 Å². The van der Waals surface area contributed by atoms with Crippen molar-refractivity contribution in [2.45, 2.75) is 59.2 Å². The summed E-state index contributed by atoms with van der Waals surface area (Å²) in [4.78, 5) is 2.50. The predicted octanol–water partition coefficient (Wildman–Crippen LogP) is 2.66. The summed E-state index contributed by atoms with van der Waals surface area (Å²) in [7, 11) is 0. The fraction of sp³-hybridized carbons (Fsp3) is 0.846. The van der Waals surface area contributed by atoms with Gasteiger partial charge in [0, 0.05) is 31.2 Å². The maximum atomic E-state index is 3.83. The first-order chi connectivity index (χ1) is 7.02. The highest BCUT2D eigenvalue weighted by molar-refractivity contribution is 4.82. The zero-order chi connectivity index (χ0) is 11.8. The molecule has 0 saturated carbocycles. The Morgan fingerprint density at radius 1 is 1.27 bits per heavy atom. The van der Waals surface area contributed by atoms with Gasteiger partial charge >= 0.3 is 0 Å². The van der Waals surface area contributed by atoms with Crippen molar-refractivity contribution in [2.24, 2.45) is 0 Å². The molecule has 0 aromatic rings. The molecule has 0 saturated heterocycles. The van der Waals surface area contributed by atoms with Crippen molar-refractivity contribution >= 4 is 0 Å². The summed E-state index contributed by atoms with van der Waals surface area (Å²) in [5, 5.41) is 3.51. The molecule has 0 bridgehead atoms. The van der Waals surface area contributed by atoms with Gasteiger partial charge in [0.25, 0.3) is 0 Å². The van der Waals surface area contributed by atoms with Crippen molar-refractivity contribution in [2.75, 3.05) is 13.1 Å². The highest BCUT2D eigenvalue weighted by Crippen LogP contribution is 2.08. The third-order valence-electron chi connectivity index (χ3n) is 2.71. The Morgan fingerprint density at radius 3 is 2.20 bits per heavy atom. The quantitative estimate of drug-likeness (QED) is 0.622. The molecule has 0 fully saturated rings. The Morgan fingerprint density at radius 2 is 1.87 bits per heavy atom. The van der Waals surface area contributed by atoms with Crippen LogP contribution in [0.15, 0.2) is 12.7 Å². The minimum Gasteiger partial charge on any atom is -0.313 e. The van der Waals surface area contributed by atoms with E-state index in [0.29, 0.717) is 18.1 Å². The maximum absolute atomic E-state index is 3.83. The number of nitrogens with one attached hydrogen (secondary N) is 1. The lowest BCUT2D eigenvalue weighted by Crippen LogP contribution is -2.46. The van der Waals surface area contributed by atoms with E-state index < -0.39 is 0 Å². The van der Waals surface area contributed by atoms with Gasteiger partial charge in [-0.25, -0.2) is 0 Å². The van der Waals surface area contributed by atoms with Gasteiger partial charge in [-0.3, -0.25) is 4.90 Å². The van der Waals surface area contributed by atoms with E-state index >= 15 is 0 Å². The molecule has 2 nitrogen and oxygen atoms in total. The molecule has 0 amide bonds. The third kappa shape index (κ3) is 5.95. The van der Waals surface area contributed by atoms with E-state index in [1.54, 1.807) is 0 Å². The Labute approximate surface area is 95.7 Å². The van der Waals surface area contributed by atoms with Crippen LogP contribution in [0.2, 0.25) is 0 Å². The van der Waals surface area contributed by atoms with Gasteiger partial charge in [-0.2, -0.15) is 0 Å². The molecule has 0 aromatic heterocycles. The number of rotatable bonds is 8. The van der Waals surface area contributed by atoms with Gasteiger partial charge in [0.2, 0.25) is 0 Å². The molecule has 0 rings (SSSR count). The molecule has 0 aliphatic carbocycles. The van der Waals surface area contributed by atoms with Gasteiger partial charge in [0.15, 0.2) is 0 Å². The van der Waals surface area contributed by atoms with Crippen LogP contribution in [0.1, 0.15) is 41.0 Å². The van der Waals surface area contributed by atoms with E-state index in [0.717, 1.165) is 13.1 Å². The number of hydrogen-bond donors (Lipinski definition) is 1. The molecular formula is C13H28N2. The zero-order valence-electron chi connectivity index (χ0n) is 11.1. The second-order valence-electron chi connectivity index (χ2n) is 4.70. The summed E-state index contributed by atoms with van der Waals surface area (Å²) >= 11 is 0. The molecule has 1 atom stereocenters. The average Bonchev–Trinajstić information content (AvgIpc) is 2.16. The molecule has 2 heteroatoms. The molecule has 0 spiro atoms. The minimum atomic E-state index is 0.566. The standard InChI is InChI=1S/C13H28N2/c1-7-9-15(12(5)6)13(8-2)10-14-11(3)4/h7,11-14H,1,8-10H2,2-6H3. The first-order valence-corrected chi connectivity index (χ1v) is 6.12. The summed E-state index contributed by atoms with van der Waals surface area (Å²) < 4.78 is 0. The van der Waals surface area contributed by atoms with Gasteiger partial charge in [-0.15, -0.1) is 6.58 Å². The lowest BCUT2D eigenvalue weighted by atomic mass is 10.1. The molecule has 15 heavy (non-hydrogen) atoms. The van der Waals surface area contributed by atoms with E-state index in [1.165, 1.54) is 6.42 Å². The predicted molar refractivity (Wildman–Crippen MR) is 69.3 cm³/mol. The summed E-state index contributed by atoms with van der Waals surface area (Å²) in [6, 6.07) is 1.77. The Balaban J connectivity index is 4.24. The molecule has 1 unspecified atom stereocenters. The van der Waals surface area contributed by atoms with Crippen molar-refractivity contribution in [1.29, 1.82) is 0 Å². The van der Waals surface area contributed by atoms with Crippen LogP contribution in [-0.4, -0.2) is 36.1 Å². The van der Waals surface area contributed by atoms with Crippen molar-refractivity contribution in [3.63, 3.8) is 0 Å². The van der Waals surface area contributed by atoms with Crippen molar-refractivity contribution in [1.82, 2.24) is 10.2 Å². The molecule has 0 aromatic carbocycles. The van der Waals surface area contributed by atoms with Gasteiger partial charge in [0.1, 0.15) is 0 Å². The van der Waals surface area contributed by atoms with Gasteiger partial charge in [0.05, 0.1) is 0 Å². The van der Waals surface area contributed by atoms with Gasteiger partial charge in [-0.05, 0) is 20.3 Å². The molecular weight excluding hydrogens is 184 g/mol. The normalized spacial score (nSPS) is 13.9. The Kier molecular flexibility index (Phi) is 7.71. The van der Waals surface area contributed by atoms with Crippen LogP contribution in [-0.2, 0) is 0 Å². The summed E-state index contributed by atoms with van der Waals surface area (Å²) in [5.41, 5.74) is 0. The second-order valence-corrected chi connectivity index (χ2v) is 4.70. The first kappa shape index (κ1) is 14.7. The summed E-state index contributed by atoms with van der Waals surface area (Å²) in [6.45, 7) is 17.0. The van der Waals surface area contributed by atoms with Crippen molar-refractivity contribution < 1.29 is 0 Å². The van der Waals surface area contributed by atoms with E-state index in [1.807, 2.05) is 6.08 Å². The zero-order valence-corrected chi connectivity index (χ0v) is 11.1. The number of hydrogen-bond acceptors (Lipinski definition) is 2. The van der Waals surface area contributed by atoms with Crippen LogP contribution in [0.3, 0.4) is 0 Å². The Hall–Kier alpha value is -0.340. The van der Waals surface area contributed by atoms with Crippen LogP contribution < -0.4 is 5.32 Å². The van der Waals surface area contributed by atoms with Crippen LogP contribution in [0.4, 0.5) is 0 Å². The maximum Gasteiger partial charge on any atom is 0.0224 e. The molecule has 0 heterocycles. The van der Waals surface area contributed by atoms with Crippen molar-refractivity contribution in [3.05, 3.63) is 12.7 Å². The summed E-state index contributed by atoms with van der Waals surface area (Å²) in [5.74, 6) is 0. The largest absolute Gasteiger partial charge is 0.313 e. The fourth-order valence-electron chi connectivity index (χ4n) is 1.80. The van der Waals surface area contributed by atoms with Crippen LogP contribution in [0.25, 0.3) is 0 Å². The van der Waals surface area contributed by atoms with Crippen molar-refractivity contribution in [3.8, 4) is 0 Å². The van der Waals surface area contributed by atoms with E-state index in [9.17, 15) is 0 Å². The molecule has 0 aliphatic heterocycles. The lowest BCUT2D eigenvalue weighted by Gasteiger charge is -2.34. The van der Waals surface area contributed by atoms with E-state index in [2.05, 4.69) is 51.4 Å². The summed E-state index contributed by atoms with van der Waals surface area (Å²) in [6.07, 6.45) is 3.18. The van der Waals surface area contributed by atoms with Crippen LogP contribution in [0.5, 0.6) is 0 Å². The fourth-order valence-corrected chi connectivity index (χ4v) is 1.80. The van der Waals surface area contributed by atoms with Crippen LogP contribution >= 0.6 is 0 Å². The topological polar surface area (TPSA) is 15.3 Å². The molecule has 0 radical (unpaired) electrons. The smallest absolute Gasteiger partial charge is 0.0224 e. The second kappa shape index (κ2) is 7.89. The van der Waals surface area contributed by atoms with Gasteiger partial charge < -0.3 is 5.32 Å². The highest BCUT2D eigenvalue weighted by Gasteiger charge is 2.18. The minimum absolute atomic E-state index is 0.566. The SMILES string of the molecule is C=CCN(C(C)C)C(CC)CNC(C)C. The monoisotopic (exact) mass is 212 g/mol.